The number of aryl methyl sites for hydroxylation is 2. The largest absolute Gasteiger partial charge is 0.495 e. The molecule has 0 spiro atoms. The van der Waals surface area contributed by atoms with Gasteiger partial charge in [0.2, 0.25) is 5.91 Å². The third-order valence-corrected chi connectivity index (χ3v) is 6.38. The van der Waals surface area contributed by atoms with Crippen LogP contribution < -0.4 is 20.3 Å². The number of benzene rings is 3. The van der Waals surface area contributed by atoms with Crippen LogP contribution in [0.25, 0.3) is 0 Å². The second-order valence-corrected chi connectivity index (χ2v) is 8.75. The first-order chi connectivity index (χ1) is 15.4. The van der Waals surface area contributed by atoms with Gasteiger partial charge in [0.15, 0.2) is 0 Å². The van der Waals surface area contributed by atoms with Crippen molar-refractivity contribution in [1.82, 2.24) is 0 Å². The monoisotopic (exact) mass is 447 g/mol. The zero-order chi connectivity index (χ0) is 22.7. The highest BCUT2D eigenvalue weighted by molar-refractivity contribution is 8.00. The number of carbonyl (C=O) groups is 2. The normalized spacial score (nSPS) is 15.5. The first kappa shape index (κ1) is 21.8. The highest BCUT2D eigenvalue weighted by atomic mass is 32.2. The van der Waals surface area contributed by atoms with Gasteiger partial charge < -0.3 is 15.4 Å². The number of nitrogens with zero attached hydrogens (tertiary/aromatic N) is 1. The van der Waals surface area contributed by atoms with Gasteiger partial charge in [-0.1, -0.05) is 30.3 Å². The van der Waals surface area contributed by atoms with Crippen molar-refractivity contribution in [2.24, 2.45) is 0 Å². The maximum Gasteiger partial charge on any atom is 0.323 e. The number of hydrogen-bond donors (Lipinski definition) is 2. The van der Waals surface area contributed by atoms with Crippen LogP contribution in [0.15, 0.2) is 66.7 Å². The van der Waals surface area contributed by atoms with E-state index in [-0.39, 0.29) is 17.3 Å². The number of urea groups is 1. The van der Waals surface area contributed by atoms with Crippen molar-refractivity contribution in [3.63, 3.8) is 0 Å². The van der Waals surface area contributed by atoms with Crippen LogP contribution in [0.5, 0.6) is 5.75 Å². The van der Waals surface area contributed by atoms with E-state index >= 15 is 0 Å². The maximum atomic E-state index is 12.8. The van der Waals surface area contributed by atoms with E-state index in [1.807, 2.05) is 80.6 Å². The maximum absolute atomic E-state index is 12.8. The summed E-state index contributed by atoms with van der Waals surface area (Å²) in [5.74, 6) is 1.07. The Morgan fingerprint density at radius 1 is 0.969 bits per heavy atom. The minimum absolute atomic E-state index is 0.0273. The summed E-state index contributed by atoms with van der Waals surface area (Å²) in [4.78, 5) is 27.1. The number of nitrogens with one attached hydrogen (secondary N) is 2. The molecular formula is C25H25N3O3S. The molecule has 1 atom stereocenters. The Bertz CT molecular complexity index is 1160. The van der Waals surface area contributed by atoms with Crippen LogP contribution in [0, 0.1) is 13.8 Å². The Labute approximate surface area is 192 Å². The van der Waals surface area contributed by atoms with Crippen LogP contribution in [0.4, 0.5) is 21.9 Å². The molecule has 0 saturated carbocycles. The zero-order valence-corrected chi connectivity index (χ0v) is 19.0. The van der Waals surface area contributed by atoms with E-state index in [9.17, 15) is 9.59 Å². The molecule has 1 heterocycles. The number of anilines is 3. The number of rotatable bonds is 5. The summed E-state index contributed by atoms with van der Waals surface area (Å²) in [6.45, 7) is 3.96. The van der Waals surface area contributed by atoms with E-state index in [0.29, 0.717) is 17.2 Å². The second kappa shape index (κ2) is 9.36. The van der Waals surface area contributed by atoms with Gasteiger partial charge in [-0.2, -0.15) is 0 Å². The van der Waals surface area contributed by atoms with Crippen molar-refractivity contribution in [3.8, 4) is 5.75 Å². The Morgan fingerprint density at radius 2 is 1.66 bits per heavy atom. The highest BCUT2D eigenvalue weighted by Gasteiger charge is 2.35. The van der Waals surface area contributed by atoms with Gasteiger partial charge in [-0.05, 0) is 66.9 Å². The van der Waals surface area contributed by atoms with Crippen molar-refractivity contribution in [3.05, 3.63) is 83.4 Å². The SMILES string of the molecule is COc1ccc(C)cc1N1C(=O)CSC1c1cccc(NC(=O)Nc2cccc(C)c2)c1. The Hall–Kier alpha value is -3.45. The third kappa shape index (κ3) is 4.73. The molecule has 1 saturated heterocycles. The summed E-state index contributed by atoms with van der Waals surface area (Å²) in [7, 11) is 1.61. The fraction of sp³-hybridized carbons (Fsp3) is 0.200. The van der Waals surface area contributed by atoms with E-state index in [4.69, 9.17) is 4.74 Å². The molecule has 1 fully saturated rings. The van der Waals surface area contributed by atoms with Crippen LogP contribution in [0.2, 0.25) is 0 Å². The number of ether oxygens (including phenoxy) is 1. The molecule has 6 nitrogen and oxygen atoms in total. The van der Waals surface area contributed by atoms with Gasteiger partial charge in [-0.15, -0.1) is 11.8 Å². The van der Waals surface area contributed by atoms with Gasteiger partial charge >= 0.3 is 6.03 Å². The predicted octanol–water partition coefficient (Wildman–Crippen LogP) is 5.73. The van der Waals surface area contributed by atoms with Crippen LogP contribution >= 0.6 is 11.8 Å². The molecule has 32 heavy (non-hydrogen) atoms. The molecule has 3 aromatic carbocycles. The number of thioether (sulfide) groups is 1. The fourth-order valence-electron chi connectivity index (χ4n) is 3.71. The molecule has 164 valence electrons. The van der Waals surface area contributed by atoms with Gasteiger partial charge in [0, 0.05) is 11.4 Å². The van der Waals surface area contributed by atoms with Gasteiger partial charge in [0.25, 0.3) is 0 Å². The van der Waals surface area contributed by atoms with Crippen molar-refractivity contribution in [2.75, 3.05) is 28.4 Å². The average Bonchev–Trinajstić information content (AvgIpc) is 3.15. The van der Waals surface area contributed by atoms with Crippen LogP contribution in [0.1, 0.15) is 22.1 Å². The Morgan fingerprint density at radius 3 is 2.38 bits per heavy atom. The molecule has 0 radical (unpaired) electrons. The second-order valence-electron chi connectivity index (χ2n) is 7.68. The first-order valence-electron chi connectivity index (χ1n) is 10.3. The summed E-state index contributed by atoms with van der Waals surface area (Å²) in [5.41, 5.74) is 5.18. The van der Waals surface area contributed by atoms with Crippen molar-refractivity contribution in [2.45, 2.75) is 19.2 Å². The molecule has 1 aliphatic heterocycles. The smallest absolute Gasteiger partial charge is 0.323 e. The molecule has 0 aromatic heterocycles. The van der Waals surface area contributed by atoms with E-state index in [1.54, 1.807) is 23.8 Å². The van der Waals surface area contributed by atoms with E-state index in [0.717, 1.165) is 28.1 Å². The standard InChI is InChI=1S/C25H25N3O3S/c1-16-6-4-8-19(12-16)26-25(30)27-20-9-5-7-18(14-20)24-28(23(29)15-32-24)21-13-17(2)10-11-22(21)31-3/h4-14,24H,15H2,1-3H3,(H2,26,27,30). The number of methoxy groups -OCH3 is 1. The topological polar surface area (TPSA) is 70.7 Å². The number of hydrogen-bond acceptors (Lipinski definition) is 4. The molecule has 2 N–H and O–H groups in total. The lowest BCUT2D eigenvalue weighted by Crippen LogP contribution is -2.28. The number of amides is 3. The van der Waals surface area contributed by atoms with Gasteiger partial charge in [0.05, 0.1) is 18.6 Å². The quantitative estimate of drug-likeness (QED) is 0.524. The molecule has 4 rings (SSSR count). The Kier molecular flexibility index (Phi) is 6.37. The molecule has 7 heteroatoms. The van der Waals surface area contributed by atoms with Crippen LogP contribution in [-0.2, 0) is 4.79 Å². The average molecular weight is 448 g/mol. The lowest BCUT2D eigenvalue weighted by Gasteiger charge is -2.26. The Balaban J connectivity index is 1.56. The summed E-state index contributed by atoms with van der Waals surface area (Å²) in [5, 5.41) is 5.52. The van der Waals surface area contributed by atoms with Crippen molar-refractivity contribution in [1.29, 1.82) is 0 Å². The zero-order valence-electron chi connectivity index (χ0n) is 18.2. The molecule has 3 aromatic rings. The molecule has 0 bridgehead atoms. The summed E-state index contributed by atoms with van der Waals surface area (Å²) >= 11 is 1.56. The van der Waals surface area contributed by atoms with Gasteiger partial charge in [-0.25, -0.2) is 4.79 Å². The summed E-state index contributed by atoms with van der Waals surface area (Å²) in [6.07, 6.45) is 0. The van der Waals surface area contributed by atoms with Gasteiger partial charge in [-0.3, -0.25) is 9.69 Å². The molecule has 3 amide bonds. The van der Waals surface area contributed by atoms with Gasteiger partial charge in [0.1, 0.15) is 11.1 Å². The van der Waals surface area contributed by atoms with Crippen molar-refractivity contribution >= 4 is 40.8 Å². The summed E-state index contributed by atoms with van der Waals surface area (Å²) in [6, 6.07) is 20.7. The minimum Gasteiger partial charge on any atom is -0.495 e. The first-order valence-corrected chi connectivity index (χ1v) is 11.3. The van der Waals surface area contributed by atoms with E-state index < -0.39 is 0 Å². The highest BCUT2D eigenvalue weighted by Crippen LogP contribution is 2.45. The number of carbonyl (C=O) groups excluding carboxylic acids is 2. The van der Waals surface area contributed by atoms with E-state index in [1.165, 1.54) is 0 Å². The lowest BCUT2D eigenvalue weighted by molar-refractivity contribution is -0.115. The van der Waals surface area contributed by atoms with Crippen LogP contribution in [-0.4, -0.2) is 24.8 Å². The van der Waals surface area contributed by atoms with E-state index in [2.05, 4.69) is 10.6 Å². The van der Waals surface area contributed by atoms with Crippen LogP contribution in [0.3, 0.4) is 0 Å². The summed E-state index contributed by atoms with van der Waals surface area (Å²) < 4.78 is 5.52. The van der Waals surface area contributed by atoms with Crippen molar-refractivity contribution < 1.29 is 14.3 Å². The minimum atomic E-state index is -0.319. The molecule has 0 aliphatic carbocycles. The lowest BCUT2D eigenvalue weighted by atomic mass is 10.1. The predicted molar refractivity (Wildman–Crippen MR) is 131 cm³/mol. The molecule has 1 unspecified atom stereocenters. The molecule has 1 aliphatic rings. The fourth-order valence-corrected chi connectivity index (χ4v) is 4.86. The molecular weight excluding hydrogens is 422 g/mol. The third-order valence-electron chi connectivity index (χ3n) is 5.17.